The Labute approximate surface area is 102 Å². The van der Waals surface area contributed by atoms with Crippen LogP contribution in [0.1, 0.15) is 19.8 Å². The molecule has 1 aliphatic heterocycles. The predicted molar refractivity (Wildman–Crippen MR) is 64.1 cm³/mol. The summed E-state index contributed by atoms with van der Waals surface area (Å²) in [6.07, 6.45) is 0.935. The fourth-order valence-corrected chi connectivity index (χ4v) is 3.72. The van der Waals surface area contributed by atoms with Crippen LogP contribution in [0.2, 0.25) is 0 Å². The molecule has 7 heteroatoms. The molecule has 1 fully saturated rings. The molecule has 0 bridgehead atoms. The molecule has 1 saturated heterocycles. The smallest absolute Gasteiger partial charge is 0.239 e. The lowest BCUT2D eigenvalue weighted by Gasteiger charge is -2.29. The fraction of sp³-hybridized carbons (Fsp3) is 0.900. The third-order valence-electron chi connectivity index (χ3n) is 3.03. The van der Waals surface area contributed by atoms with Gasteiger partial charge in [-0.15, -0.1) is 0 Å². The van der Waals surface area contributed by atoms with E-state index in [0.29, 0.717) is 12.8 Å². The van der Waals surface area contributed by atoms with Gasteiger partial charge >= 0.3 is 0 Å². The molecule has 100 valence electrons. The van der Waals surface area contributed by atoms with Crippen LogP contribution in [-0.4, -0.2) is 61.1 Å². The molecule has 0 aliphatic carbocycles. The zero-order chi connectivity index (χ0) is 13.1. The lowest BCUT2D eigenvalue weighted by molar-refractivity contribution is -0.135. The highest BCUT2D eigenvalue weighted by Gasteiger charge is 2.35. The molecular formula is C10H20N2O4S. The van der Waals surface area contributed by atoms with Crippen LogP contribution in [0.4, 0.5) is 0 Å². The van der Waals surface area contributed by atoms with Gasteiger partial charge in [0.25, 0.3) is 0 Å². The summed E-state index contributed by atoms with van der Waals surface area (Å²) < 4.78 is 22.8. The van der Waals surface area contributed by atoms with Crippen LogP contribution in [0.3, 0.4) is 0 Å². The van der Waals surface area contributed by atoms with E-state index in [9.17, 15) is 13.2 Å². The SMILES string of the molecule is CC[C@@H](N)C(=O)N(CCO)C1CCS(=O)(=O)C1. The Kier molecular flexibility index (Phi) is 4.91. The van der Waals surface area contributed by atoms with Crippen molar-refractivity contribution in [2.24, 2.45) is 5.73 Å². The molecule has 17 heavy (non-hydrogen) atoms. The predicted octanol–water partition coefficient (Wildman–Crippen LogP) is -1.27. The normalized spacial score (nSPS) is 24.5. The first kappa shape index (κ1) is 14.4. The van der Waals surface area contributed by atoms with Crippen molar-refractivity contribution in [2.75, 3.05) is 24.7 Å². The van der Waals surface area contributed by atoms with Crippen molar-refractivity contribution in [1.29, 1.82) is 0 Å². The molecular weight excluding hydrogens is 244 g/mol. The fourth-order valence-electron chi connectivity index (χ4n) is 1.99. The molecule has 0 aromatic carbocycles. The number of aliphatic hydroxyl groups excluding tert-OH is 1. The minimum absolute atomic E-state index is 0.0187. The molecule has 0 radical (unpaired) electrons. The Bertz CT molecular complexity index is 369. The topological polar surface area (TPSA) is 101 Å². The molecule has 0 aromatic heterocycles. The van der Waals surface area contributed by atoms with E-state index < -0.39 is 15.9 Å². The first-order chi connectivity index (χ1) is 7.91. The van der Waals surface area contributed by atoms with Crippen LogP contribution < -0.4 is 5.73 Å². The first-order valence-electron chi connectivity index (χ1n) is 5.78. The number of aliphatic hydroxyl groups is 1. The number of carbonyl (C=O) groups excluding carboxylic acids is 1. The van der Waals surface area contributed by atoms with Crippen LogP contribution in [-0.2, 0) is 14.6 Å². The lowest BCUT2D eigenvalue weighted by atomic mass is 10.1. The maximum absolute atomic E-state index is 12.0. The minimum atomic E-state index is -3.04. The summed E-state index contributed by atoms with van der Waals surface area (Å²) in [6.45, 7) is 1.76. The van der Waals surface area contributed by atoms with E-state index >= 15 is 0 Å². The Balaban J connectivity index is 2.76. The third kappa shape index (κ3) is 3.65. The highest BCUT2D eigenvalue weighted by molar-refractivity contribution is 7.91. The largest absolute Gasteiger partial charge is 0.395 e. The van der Waals surface area contributed by atoms with Crippen LogP contribution >= 0.6 is 0 Å². The zero-order valence-electron chi connectivity index (χ0n) is 10.0. The molecule has 1 aliphatic rings. The number of nitrogens with zero attached hydrogens (tertiary/aromatic N) is 1. The van der Waals surface area contributed by atoms with E-state index in [2.05, 4.69) is 0 Å². The minimum Gasteiger partial charge on any atom is -0.395 e. The van der Waals surface area contributed by atoms with E-state index in [0.717, 1.165) is 0 Å². The Morgan fingerprint density at radius 2 is 2.24 bits per heavy atom. The molecule has 3 N–H and O–H groups in total. The van der Waals surface area contributed by atoms with Crippen molar-refractivity contribution in [1.82, 2.24) is 4.90 Å². The van der Waals surface area contributed by atoms with Gasteiger partial charge < -0.3 is 15.7 Å². The van der Waals surface area contributed by atoms with Gasteiger partial charge in [-0.1, -0.05) is 6.92 Å². The number of hydrogen-bond donors (Lipinski definition) is 2. The quantitative estimate of drug-likeness (QED) is 0.645. The summed E-state index contributed by atoms with van der Waals surface area (Å²) in [5, 5.41) is 8.95. The zero-order valence-corrected chi connectivity index (χ0v) is 10.8. The number of hydrogen-bond acceptors (Lipinski definition) is 5. The second kappa shape index (κ2) is 5.79. The highest BCUT2D eigenvalue weighted by Crippen LogP contribution is 2.18. The van der Waals surface area contributed by atoms with Crippen molar-refractivity contribution < 1.29 is 18.3 Å². The van der Waals surface area contributed by atoms with Gasteiger partial charge in [0.05, 0.1) is 24.2 Å². The first-order valence-corrected chi connectivity index (χ1v) is 7.60. The molecule has 0 spiro atoms. The molecule has 6 nitrogen and oxygen atoms in total. The van der Waals surface area contributed by atoms with Crippen molar-refractivity contribution in [3.8, 4) is 0 Å². The number of rotatable bonds is 5. The maximum atomic E-state index is 12.0. The van der Waals surface area contributed by atoms with E-state index in [4.69, 9.17) is 10.8 Å². The number of sulfone groups is 1. The molecule has 0 saturated carbocycles. The van der Waals surface area contributed by atoms with Crippen molar-refractivity contribution >= 4 is 15.7 Å². The van der Waals surface area contributed by atoms with Crippen molar-refractivity contribution in [3.63, 3.8) is 0 Å². The van der Waals surface area contributed by atoms with E-state index in [1.54, 1.807) is 6.92 Å². The standard InChI is InChI=1S/C10H20N2O4S/c1-2-9(11)10(14)12(4-5-13)8-3-6-17(15,16)7-8/h8-9,13H,2-7,11H2,1H3/t8?,9-/m1/s1. The second-order valence-corrected chi connectivity index (χ2v) is 6.56. The molecule has 2 atom stereocenters. The molecule has 1 unspecified atom stereocenters. The Morgan fingerprint density at radius 1 is 1.59 bits per heavy atom. The Hall–Kier alpha value is -0.660. The summed E-state index contributed by atoms with van der Waals surface area (Å²) >= 11 is 0. The Morgan fingerprint density at radius 3 is 2.65 bits per heavy atom. The lowest BCUT2D eigenvalue weighted by Crippen LogP contribution is -2.50. The van der Waals surface area contributed by atoms with Crippen LogP contribution in [0.15, 0.2) is 0 Å². The van der Waals surface area contributed by atoms with E-state index in [1.165, 1.54) is 4.90 Å². The van der Waals surface area contributed by atoms with Gasteiger partial charge in [0.2, 0.25) is 5.91 Å². The van der Waals surface area contributed by atoms with Gasteiger partial charge in [-0.25, -0.2) is 8.42 Å². The van der Waals surface area contributed by atoms with Gasteiger partial charge in [0.1, 0.15) is 0 Å². The summed E-state index contributed by atoms with van der Waals surface area (Å²) in [6, 6.07) is -0.956. The van der Waals surface area contributed by atoms with Crippen molar-refractivity contribution in [2.45, 2.75) is 31.8 Å². The molecule has 1 heterocycles. The summed E-state index contributed by atoms with van der Waals surface area (Å²) in [5.74, 6) is -0.188. The summed E-state index contributed by atoms with van der Waals surface area (Å²) in [5.41, 5.74) is 5.66. The summed E-state index contributed by atoms with van der Waals surface area (Å²) in [4.78, 5) is 13.4. The monoisotopic (exact) mass is 264 g/mol. The van der Waals surface area contributed by atoms with Gasteiger partial charge in [0.15, 0.2) is 9.84 Å². The van der Waals surface area contributed by atoms with Gasteiger partial charge in [-0.3, -0.25) is 4.79 Å². The second-order valence-electron chi connectivity index (χ2n) is 4.33. The van der Waals surface area contributed by atoms with E-state index in [1.807, 2.05) is 0 Å². The number of nitrogens with two attached hydrogens (primary N) is 1. The van der Waals surface area contributed by atoms with Crippen LogP contribution in [0.5, 0.6) is 0 Å². The molecule has 1 amide bonds. The number of amides is 1. The van der Waals surface area contributed by atoms with E-state index in [-0.39, 0.29) is 36.6 Å². The maximum Gasteiger partial charge on any atom is 0.239 e. The number of carbonyl (C=O) groups is 1. The van der Waals surface area contributed by atoms with Gasteiger partial charge in [-0.2, -0.15) is 0 Å². The van der Waals surface area contributed by atoms with Crippen LogP contribution in [0, 0.1) is 0 Å². The molecule has 1 rings (SSSR count). The highest BCUT2D eigenvalue weighted by atomic mass is 32.2. The average molecular weight is 264 g/mol. The van der Waals surface area contributed by atoms with Gasteiger partial charge in [-0.05, 0) is 12.8 Å². The van der Waals surface area contributed by atoms with Crippen LogP contribution in [0.25, 0.3) is 0 Å². The molecule has 0 aromatic rings. The summed E-state index contributed by atoms with van der Waals surface area (Å²) in [7, 11) is -3.04. The third-order valence-corrected chi connectivity index (χ3v) is 4.78. The average Bonchev–Trinajstić information content (AvgIpc) is 2.64. The van der Waals surface area contributed by atoms with Crippen molar-refractivity contribution in [3.05, 3.63) is 0 Å². The van der Waals surface area contributed by atoms with Gasteiger partial charge in [0, 0.05) is 12.6 Å².